The number of allylic oxidation sites excluding steroid dienone is 1. The minimum absolute atomic E-state index is 0.0226. The molecule has 0 saturated carbocycles. The average Bonchev–Trinajstić information content (AvgIpc) is 2.64. The van der Waals surface area contributed by atoms with Gasteiger partial charge in [-0.3, -0.25) is 4.79 Å². The molecule has 4 amide bonds. The van der Waals surface area contributed by atoms with Crippen LogP contribution in [0.4, 0.5) is 14.0 Å². The monoisotopic (exact) mass is 393 g/mol. The van der Waals surface area contributed by atoms with Gasteiger partial charge in [0.1, 0.15) is 5.82 Å². The molecule has 28 heavy (non-hydrogen) atoms. The van der Waals surface area contributed by atoms with Crippen molar-refractivity contribution in [2.45, 2.75) is 25.8 Å². The van der Waals surface area contributed by atoms with E-state index in [2.05, 4.69) is 10.6 Å². The summed E-state index contributed by atoms with van der Waals surface area (Å²) in [6.45, 7) is 1.45. The minimum Gasteiger partial charge on any atom is -0.481 e. The Morgan fingerprint density at radius 3 is 2.50 bits per heavy atom. The Balaban J connectivity index is 2.31. The molecule has 1 aromatic carbocycles. The van der Waals surface area contributed by atoms with E-state index in [0.29, 0.717) is 5.56 Å². The van der Waals surface area contributed by atoms with Crippen molar-refractivity contribution in [3.05, 3.63) is 46.9 Å². The van der Waals surface area contributed by atoms with E-state index in [-0.39, 0.29) is 30.7 Å². The molecule has 1 aliphatic rings. The molecule has 0 aromatic heterocycles. The molecule has 0 radical (unpaired) electrons. The molecule has 1 unspecified atom stereocenters. The maximum atomic E-state index is 13.2. The van der Waals surface area contributed by atoms with Crippen molar-refractivity contribution in [2.75, 3.05) is 13.7 Å². The molecular weight excluding hydrogens is 373 g/mol. The normalized spacial score (nSPS) is 16.5. The summed E-state index contributed by atoms with van der Waals surface area (Å²) in [5.41, 5.74) is 0.520. The molecule has 0 spiro atoms. The van der Waals surface area contributed by atoms with E-state index in [1.807, 2.05) is 0 Å². The molecule has 2 rings (SSSR count). The van der Waals surface area contributed by atoms with Crippen LogP contribution in [0.15, 0.2) is 35.5 Å². The fourth-order valence-corrected chi connectivity index (χ4v) is 2.78. The third-order valence-electron chi connectivity index (χ3n) is 4.14. The number of aliphatic carboxylic acids is 1. The quantitative estimate of drug-likeness (QED) is 0.501. The molecule has 1 aromatic rings. The first kappa shape index (κ1) is 20.9. The number of rotatable bonds is 6. The highest BCUT2D eigenvalue weighted by Crippen LogP contribution is 2.31. The topological polar surface area (TPSA) is 125 Å². The summed E-state index contributed by atoms with van der Waals surface area (Å²) in [6, 6.07) is 2.70. The Hall–Kier alpha value is -3.43. The Labute approximate surface area is 160 Å². The summed E-state index contributed by atoms with van der Waals surface area (Å²) in [5.74, 6) is -2.24. The summed E-state index contributed by atoms with van der Waals surface area (Å²) in [6.07, 6.45) is 0.0444. The van der Waals surface area contributed by atoms with E-state index in [4.69, 9.17) is 9.84 Å². The number of benzene rings is 1. The predicted molar refractivity (Wildman–Crippen MR) is 94.5 cm³/mol. The van der Waals surface area contributed by atoms with Crippen molar-refractivity contribution in [3.8, 4) is 0 Å². The second-order valence-electron chi connectivity index (χ2n) is 5.99. The zero-order valence-corrected chi connectivity index (χ0v) is 15.3. The lowest BCUT2D eigenvalue weighted by Gasteiger charge is -2.34. The van der Waals surface area contributed by atoms with E-state index in [1.54, 1.807) is 0 Å². The molecule has 0 bridgehead atoms. The molecular formula is C18H20FN3O6. The van der Waals surface area contributed by atoms with Gasteiger partial charge in [0.15, 0.2) is 0 Å². The number of hydrogen-bond donors (Lipinski definition) is 3. The van der Waals surface area contributed by atoms with Gasteiger partial charge in [-0.25, -0.2) is 23.7 Å². The summed E-state index contributed by atoms with van der Waals surface area (Å²) >= 11 is 0. The zero-order valence-electron chi connectivity index (χ0n) is 15.3. The number of carbonyl (C=O) groups excluding carboxylic acids is 3. The molecule has 1 atom stereocenters. The van der Waals surface area contributed by atoms with Gasteiger partial charge in [-0.2, -0.15) is 0 Å². The number of amides is 4. The van der Waals surface area contributed by atoms with Gasteiger partial charge in [0.2, 0.25) is 0 Å². The molecule has 0 aliphatic carbocycles. The first-order valence-electron chi connectivity index (χ1n) is 8.41. The first-order valence-corrected chi connectivity index (χ1v) is 8.41. The lowest BCUT2D eigenvalue weighted by atomic mass is 9.95. The lowest BCUT2D eigenvalue weighted by molar-refractivity contribution is -0.137. The summed E-state index contributed by atoms with van der Waals surface area (Å²) in [4.78, 5) is 48.4. The number of esters is 1. The molecule has 150 valence electrons. The van der Waals surface area contributed by atoms with Gasteiger partial charge < -0.3 is 20.5 Å². The molecule has 9 nitrogen and oxygen atoms in total. The van der Waals surface area contributed by atoms with Crippen LogP contribution in [0, 0.1) is 5.82 Å². The number of carboxylic acids is 1. The van der Waals surface area contributed by atoms with Crippen LogP contribution in [0.3, 0.4) is 0 Å². The highest BCUT2D eigenvalue weighted by Gasteiger charge is 2.39. The second kappa shape index (κ2) is 8.98. The predicted octanol–water partition coefficient (Wildman–Crippen LogP) is 1.91. The summed E-state index contributed by atoms with van der Waals surface area (Å²) in [7, 11) is 1.16. The standard InChI is InChI=1S/C18H20FN3O6/c1-10-14(16(25)28-2)15(11-5-7-12(19)8-6-11)21-18(27)22(10)17(26)20-9-3-4-13(23)24/h5-8,15H,3-4,9H2,1-2H3,(H,20,26)(H,21,27)(H,23,24). The Kier molecular flexibility index (Phi) is 6.69. The van der Waals surface area contributed by atoms with E-state index >= 15 is 0 Å². The number of methoxy groups -OCH3 is 1. The first-order chi connectivity index (χ1) is 13.3. The number of halogens is 1. The minimum atomic E-state index is -1.00. The maximum absolute atomic E-state index is 13.2. The Morgan fingerprint density at radius 1 is 1.29 bits per heavy atom. The molecule has 0 fully saturated rings. The molecule has 1 heterocycles. The van der Waals surface area contributed by atoms with Crippen LogP contribution in [-0.4, -0.2) is 47.7 Å². The van der Waals surface area contributed by atoms with Crippen LogP contribution in [0.2, 0.25) is 0 Å². The van der Waals surface area contributed by atoms with Crippen molar-refractivity contribution in [1.29, 1.82) is 0 Å². The van der Waals surface area contributed by atoms with Crippen LogP contribution in [-0.2, 0) is 14.3 Å². The Morgan fingerprint density at radius 2 is 1.93 bits per heavy atom. The number of urea groups is 2. The zero-order chi connectivity index (χ0) is 20.8. The number of carbonyl (C=O) groups is 4. The van der Waals surface area contributed by atoms with Gasteiger partial charge in [-0.15, -0.1) is 0 Å². The number of nitrogens with one attached hydrogen (secondary N) is 2. The third-order valence-corrected chi connectivity index (χ3v) is 4.14. The van der Waals surface area contributed by atoms with Crippen molar-refractivity contribution in [3.63, 3.8) is 0 Å². The summed E-state index contributed by atoms with van der Waals surface area (Å²) in [5, 5.41) is 13.6. The van der Waals surface area contributed by atoms with Gasteiger partial charge in [-0.1, -0.05) is 12.1 Å². The van der Waals surface area contributed by atoms with Crippen molar-refractivity contribution in [2.24, 2.45) is 0 Å². The van der Waals surface area contributed by atoms with Gasteiger partial charge in [-0.05, 0) is 31.0 Å². The summed E-state index contributed by atoms with van der Waals surface area (Å²) < 4.78 is 18.0. The molecule has 3 N–H and O–H groups in total. The lowest BCUT2D eigenvalue weighted by Crippen LogP contribution is -2.53. The highest BCUT2D eigenvalue weighted by molar-refractivity contribution is 6.02. The molecule has 0 saturated heterocycles. The van der Waals surface area contributed by atoms with Crippen LogP contribution < -0.4 is 10.6 Å². The van der Waals surface area contributed by atoms with Crippen molar-refractivity contribution >= 4 is 24.0 Å². The van der Waals surface area contributed by atoms with Crippen LogP contribution in [0.25, 0.3) is 0 Å². The number of ether oxygens (including phenoxy) is 1. The fraction of sp³-hybridized carbons (Fsp3) is 0.333. The van der Waals surface area contributed by atoms with Crippen LogP contribution >= 0.6 is 0 Å². The number of imide groups is 1. The van der Waals surface area contributed by atoms with Gasteiger partial charge in [0.05, 0.1) is 18.7 Å². The van der Waals surface area contributed by atoms with Crippen LogP contribution in [0.5, 0.6) is 0 Å². The molecule has 10 heteroatoms. The van der Waals surface area contributed by atoms with Crippen LogP contribution in [0.1, 0.15) is 31.4 Å². The van der Waals surface area contributed by atoms with E-state index < -0.39 is 35.9 Å². The largest absolute Gasteiger partial charge is 0.481 e. The van der Waals surface area contributed by atoms with Crippen molar-refractivity contribution < 1.29 is 33.4 Å². The van der Waals surface area contributed by atoms with Crippen molar-refractivity contribution in [1.82, 2.24) is 15.5 Å². The fourth-order valence-electron chi connectivity index (χ4n) is 2.78. The van der Waals surface area contributed by atoms with Gasteiger partial charge >= 0.3 is 24.0 Å². The molecule has 1 aliphatic heterocycles. The average molecular weight is 393 g/mol. The van der Waals surface area contributed by atoms with E-state index in [1.165, 1.54) is 31.2 Å². The van der Waals surface area contributed by atoms with E-state index in [9.17, 15) is 23.6 Å². The smallest absolute Gasteiger partial charge is 0.337 e. The number of carboxylic acid groups (broad SMARTS) is 1. The van der Waals surface area contributed by atoms with E-state index in [0.717, 1.165) is 12.0 Å². The number of hydrogen-bond acceptors (Lipinski definition) is 5. The third kappa shape index (κ3) is 4.64. The number of nitrogens with zero attached hydrogens (tertiary/aromatic N) is 1. The SMILES string of the molecule is COC(=O)C1=C(C)N(C(=O)NCCCC(=O)O)C(=O)NC1c1ccc(F)cc1. The Bertz CT molecular complexity index is 821. The maximum Gasteiger partial charge on any atom is 0.337 e. The van der Waals surface area contributed by atoms with Gasteiger partial charge in [0, 0.05) is 18.7 Å². The second-order valence-corrected chi connectivity index (χ2v) is 5.99. The highest BCUT2D eigenvalue weighted by atomic mass is 19.1. The van der Waals surface area contributed by atoms with Gasteiger partial charge in [0.25, 0.3) is 0 Å².